The number of nitrogens with one attached hydrogen (secondary N) is 4. The van der Waals surface area contributed by atoms with E-state index in [1.165, 1.54) is 94.6 Å². The van der Waals surface area contributed by atoms with Crippen molar-refractivity contribution in [2.75, 3.05) is 49.3 Å². The van der Waals surface area contributed by atoms with Crippen molar-refractivity contribution < 1.29 is 63.0 Å². The summed E-state index contributed by atoms with van der Waals surface area (Å²) >= 11 is 0. The standard InChI is InChI=1S/C66H119N11O13/c1-27-29-30-42(14)54(78)53-58(82)69-46(28-2)61(85)71(20)45(17)60(84)76(25)52(41(13)31-32-66(18,19)90)57(81)70-50(39(9)10)64(88)72(21)47(33-36(3)4)56(80)67-43(15)55(79)68-44(16)59(83)73(22)48(34-37(5)6)62(86)74(23)49(35-38(7)8)63(87)75(24)51(40(11)12)65(89)77(53)26/h27,29,36-54,78,90H,28,30-35H2,1-26H3,(H,67,80)(H,68,79)(H,69,82)(H,70,81). The molecule has 0 bridgehead atoms. The maximum absolute atomic E-state index is 15.2. The molecule has 516 valence electrons. The topological polar surface area (TPSA) is 299 Å². The van der Waals surface area contributed by atoms with E-state index in [9.17, 15) is 48.6 Å². The van der Waals surface area contributed by atoms with Gasteiger partial charge in [0.15, 0.2) is 0 Å². The number of allylic oxidation sites excluding steroid dienone is 2. The van der Waals surface area contributed by atoms with Crippen molar-refractivity contribution in [2.45, 2.75) is 255 Å². The summed E-state index contributed by atoms with van der Waals surface area (Å²) in [6.45, 7) is 32.4. The highest BCUT2D eigenvalue weighted by atomic mass is 16.3. The zero-order chi connectivity index (χ0) is 70.1. The Balaban J connectivity index is 4.46. The van der Waals surface area contributed by atoms with Gasteiger partial charge in [0.2, 0.25) is 65.0 Å². The van der Waals surface area contributed by atoms with Crippen molar-refractivity contribution in [2.24, 2.45) is 41.4 Å². The quantitative estimate of drug-likeness (QED) is 0.113. The molecule has 24 nitrogen and oxygen atoms in total. The second-order valence-corrected chi connectivity index (χ2v) is 28.1. The monoisotopic (exact) mass is 1270 g/mol. The molecule has 0 spiro atoms. The highest BCUT2D eigenvalue weighted by Crippen LogP contribution is 2.27. The second-order valence-electron chi connectivity index (χ2n) is 28.1. The van der Waals surface area contributed by atoms with Gasteiger partial charge in [0, 0.05) is 49.3 Å². The number of carbonyl (C=O) groups is 11. The van der Waals surface area contributed by atoms with Crippen molar-refractivity contribution in [3.63, 3.8) is 0 Å². The lowest BCUT2D eigenvalue weighted by Gasteiger charge is -2.41. The summed E-state index contributed by atoms with van der Waals surface area (Å²) in [4.78, 5) is 171. The van der Waals surface area contributed by atoms with Gasteiger partial charge in [0.25, 0.3) is 0 Å². The van der Waals surface area contributed by atoms with Gasteiger partial charge < -0.3 is 65.8 Å². The first-order chi connectivity index (χ1) is 41.3. The molecule has 14 unspecified atom stereocenters. The first-order valence-electron chi connectivity index (χ1n) is 32.4. The number of hydrogen-bond donors (Lipinski definition) is 6. The molecule has 1 saturated heterocycles. The summed E-state index contributed by atoms with van der Waals surface area (Å²) in [5.41, 5.74) is -1.17. The number of amides is 11. The smallest absolute Gasteiger partial charge is 0.246 e. The van der Waals surface area contributed by atoms with E-state index < -0.39 is 167 Å². The molecule has 0 aromatic rings. The van der Waals surface area contributed by atoms with Crippen molar-refractivity contribution >= 4 is 65.0 Å². The van der Waals surface area contributed by atoms with Gasteiger partial charge >= 0.3 is 0 Å². The maximum Gasteiger partial charge on any atom is 0.246 e. The van der Waals surface area contributed by atoms with Crippen LogP contribution >= 0.6 is 0 Å². The molecule has 11 amide bonds. The lowest BCUT2D eigenvalue weighted by Crippen LogP contribution is -2.64. The molecule has 1 aliphatic rings. The van der Waals surface area contributed by atoms with E-state index in [0.717, 1.165) is 9.80 Å². The molecule has 0 saturated carbocycles. The zero-order valence-corrected chi connectivity index (χ0v) is 59.6. The van der Waals surface area contributed by atoms with Crippen molar-refractivity contribution in [3.05, 3.63) is 12.2 Å². The number of aliphatic hydroxyl groups excluding tert-OH is 1. The molecular weight excluding hydrogens is 1150 g/mol. The molecule has 24 heteroatoms. The Hall–Kier alpha value is -6.17. The minimum atomic E-state index is -1.64. The lowest BCUT2D eigenvalue weighted by molar-refractivity contribution is -0.157. The molecule has 0 aromatic heterocycles. The van der Waals surface area contributed by atoms with Crippen LogP contribution < -0.4 is 21.3 Å². The van der Waals surface area contributed by atoms with Crippen LogP contribution in [0.25, 0.3) is 0 Å². The fourth-order valence-corrected chi connectivity index (χ4v) is 11.5. The number of hydrogen-bond acceptors (Lipinski definition) is 13. The summed E-state index contributed by atoms with van der Waals surface area (Å²) in [7, 11) is 9.86. The normalized spacial score (nSPS) is 27.4. The van der Waals surface area contributed by atoms with Gasteiger partial charge in [-0.2, -0.15) is 0 Å². The first-order valence-corrected chi connectivity index (χ1v) is 32.4. The van der Waals surface area contributed by atoms with Gasteiger partial charge in [-0.1, -0.05) is 102 Å². The van der Waals surface area contributed by atoms with Gasteiger partial charge in [-0.25, -0.2) is 0 Å². The predicted octanol–water partition coefficient (Wildman–Crippen LogP) is 3.80. The second kappa shape index (κ2) is 36.2. The largest absolute Gasteiger partial charge is 0.390 e. The molecule has 1 aliphatic heterocycles. The van der Waals surface area contributed by atoms with E-state index in [-0.39, 0.29) is 56.3 Å². The van der Waals surface area contributed by atoms with Gasteiger partial charge in [-0.15, -0.1) is 0 Å². The molecular formula is C66H119N11O13. The molecule has 6 N–H and O–H groups in total. The molecule has 0 aliphatic carbocycles. The summed E-state index contributed by atoms with van der Waals surface area (Å²) in [5.74, 6) is -10.7. The molecule has 1 heterocycles. The van der Waals surface area contributed by atoms with E-state index in [4.69, 9.17) is 0 Å². The number of likely N-dealkylation sites (N-methyl/N-ethyl adjacent to an activating group) is 7. The van der Waals surface area contributed by atoms with Gasteiger partial charge in [-0.3, -0.25) is 52.7 Å². The Labute approximate surface area is 539 Å². The van der Waals surface area contributed by atoms with Crippen LogP contribution in [0.2, 0.25) is 0 Å². The Morgan fingerprint density at radius 1 is 0.478 bits per heavy atom. The Kier molecular flexibility index (Phi) is 32.9. The van der Waals surface area contributed by atoms with Gasteiger partial charge in [0.05, 0.1) is 11.7 Å². The Bertz CT molecular complexity index is 2480. The minimum Gasteiger partial charge on any atom is -0.390 e. The molecule has 0 radical (unpaired) electrons. The van der Waals surface area contributed by atoms with Gasteiger partial charge in [-0.05, 0) is 128 Å². The zero-order valence-electron chi connectivity index (χ0n) is 59.6. The van der Waals surface area contributed by atoms with Crippen LogP contribution in [0.3, 0.4) is 0 Å². The SMILES string of the molecule is CC=CCC(C)C(O)C1C(=O)NC(CC)C(=O)N(C)C(C)C(=O)N(C)C(C(C)CCC(C)(C)O)C(=O)NC(C(C)C)C(=O)N(C)C(CC(C)C)C(=O)NC(C)C(=O)NC(C)C(=O)N(C)C(CC(C)C)C(=O)N(C)C(CC(C)C)C(=O)N(C)C(C(C)C)C(=O)N1C. The highest BCUT2D eigenvalue weighted by molar-refractivity contribution is 6.00. The summed E-state index contributed by atoms with van der Waals surface area (Å²) in [5, 5.41) is 34.0. The third-order valence-electron chi connectivity index (χ3n) is 17.5. The number of carbonyl (C=O) groups excluding carboxylic acids is 11. The molecule has 14 atom stereocenters. The number of rotatable bonds is 17. The van der Waals surface area contributed by atoms with Gasteiger partial charge in [0.1, 0.15) is 66.5 Å². The van der Waals surface area contributed by atoms with E-state index in [0.29, 0.717) is 6.42 Å². The summed E-state index contributed by atoms with van der Waals surface area (Å²) < 4.78 is 0. The first kappa shape index (κ1) is 81.8. The summed E-state index contributed by atoms with van der Waals surface area (Å²) in [6, 6.07) is -14.1. The molecule has 1 rings (SSSR count). The third-order valence-corrected chi connectivity index (χ3v) is 17.5. The average molecular weight is 1270 g/mol. The number of nitrogens with zero attached hydrogens (tertiary/aromatic N) is 7. The Morgan fingerprint density at radius 2 is 0.911 bits per heavy atom. The fourth-order valence-electron chi connectivity index (χ4n) is 11.5. The van der Waals surface area contributed by atoms with Crippen LogP contribution in [0.5, 0.6) is 0 Å². The van der Waals surface area contributed by atoms with Crippen molar-refractivity contribution in [1.82, 2.24) is 55.6 Å². The average Bonchev–Trinajstić information content (AvgIpc) is 1.24. The molecule has 1 fully saturated rings. The van der Waals surface area contributed by atoms with Crippen LogP contribution in [-0.4, -0.2) is 237 Å². The Morgan fingerprint density at radius 3 is 1.37 bits per heavy atom. The minimum absolute atomic E-state index is 0.0115. The summed E-state index contributed by atoms with van der Waals surface area (Å²) in [6.07, 6.45) is 3.19. The van der Waals surface area contributed by atoms with E-state index in [2.05, 4.69) is 21.3 Å². The molecule has 90 heavy (non-hydrogen) atoms. The van der Waals surface area contributed by atoms with Crippen LogP contribution in [0.15, 0.2) is 12.2 Å². The van der Waals surface area contributed by atoms with E-state index in [1.54, 1.807) is 81.4 Å². The number of aliphatic hydroxyl groups is 2. The highest BCUT2D eigenvalue weighted by Gasteiger charge is 2.46. The van der Waals surface area contributed by atoms with E-state index >= 15 is 14.4 Å². The molecule has 0 aromatic carbocycles. The van der Waals surface area contributed by atoms with Crippen molar-refractivity contribution in [3.8, 4) is 0 Å². The maximum atomic E-state index is 15.2. The van der Waals surface area contributed by atoms with Crippen molar-refractivity contribution in [1.29, 1.82) is 0 Å². The predicted molar refractivity (Wildman–Crippen MR) is 348 cm³/mol. The van der Waals surface area contributed by atoms with E-state index in [1.807, 2.05) is 41.5 Å². The lowest BCUT2D eigenvalue weighted by atomic mass is 9.89. The van der Waals surface area contributed by atoms with Crippen LogP contribution in [0.4, 0.5) is 0 Å². The van der Waals surface area contributed by atoms with Crippen LogP contribution in [0.1, 0.15) is 176 Å². The third kappa shape index (κ3) is 22.6. The van der Waals surface area contributed by atoms with Crippen LogP contribution in [-0.2, 0) is 52.7 Å². The fraction of sp³-hybridized carbons (Fsp3) is 0.803. The van der Waals surface area contributed by atoms with Crippen LogP contribution in [0, 0.1) is 41.4 Å².